The molecule has 0 spiro atoms. The van der Waals surface area contributed by atoms with Gasteiger partial charge in [-0.15, -0.1) is 0 Å². The van der Waals surface area contributed by atoms with Gasteiger partial charge in [-0.1, -0.05) is 77.9 Å². The first kappa shape index (κ1) is 16.1. The summed E-state index contributed by atoms with van der Waals surface area (Å²) in [7, 11) is 0. The van der Waals surface area contributed by atoms with Crippen molar-refractivity contribution in [1.29, 1.82) is 0 Å². The number of hydrogen-bond acceptors (Lipinski definition) is 3. The lowest BCUT2D eigenvalue weighted by molar-refractivity contribution is -0.0489. The van der Waals surface area contributed by atoms with Crippen LogP contribution in [0.2, 0.25) is 0 Å². The standard InChI is InChI=1S/C24H21NO2/c1-16-8-12-19(13-9-16)23-21-6-4-5-7-22(21)27-24(23,25-18(3)26-23)20-14-10-17(2)11-15-20/h4-15H,1-3H3/t23-,24+/m0/s1. The third kappa shape index (κ3) is 2.05. The van der Waals surface area contributed by atoms with E-state index in [9.17, 15) is 0 Å². The van der Waals surface area contributed by atoms with Gasteiger partial charge in [-0.25, -0.2) is 4.99 Å². The van der Waals surface area contributed by atoms with E-state index in [2.05, 4.69) is 68.4 Å². The number of nitrogens with zero attached hydrogens (tertiary/aromatic N) is 1. The van der Waals surface area contributed by atoms with Gasteiger partial charge >= 0.3 is 0 Å². The fourth-order valence-electron chi connectivity index (χ4n) is 4.26. The van der Waals surface area contributed by atoms with E-state index >= 15 is 0 Å². The van der Waals surface area contributed by atoms with Gasteiger partial charge in [-0.3, -0.25) is 0 Å². The molecule has 0 aliphatic carbocycles. The third-order valence-electron chi connectivity index (χ3n) is 5.52. The summed E-state index contributed by atoms with van der Waals surface area (Å²) < 4.78 is 13.1. The van der Waals surface area contributed by atoms with Crippen LogP contribution in [-0.4, -0.2) is 5.90 Å². The molecule has 0 N–H and O–H groups in total. The van der Waals surface area contributed by atoms with E-state index in [1.807, 2.05) is 25.1 Å². The summed E-state index contributed by atoms with van der Waals surface area (Å²) in [6.45, 7) is 6.07. The van der Waals surface area contributed by atoms with Crippen molar-refractivity contribution in [3.05, 3.63) is 101 Å². The predicted octanol–water partition coefficient (Wildman–Crippen LogP) is 5.24. The van der Waals surface area contributed by atoms with E-state index in [1.54, 1.807) is 0 Å². The van der Waals surface area contributed by atoms with E-state index in [4.69, 9.17) is 14.5 Å². The van der Waals surface area contributed by atoms with Gasteiger partial charge in [0.15, 0.2) is 5.90 Å². The van der Waals surface area contributed by atoms with Gasteiger partial charge in [0.2, 0.25) is 5.60 Å². The van der Waals surface area contributed by atoms with Gasteiger partial charge in [0.1, 0.15) is 5.75 Å². The molecule has 0 bridgehead atoms. The van der Waals surface area contributed by atoms with Crippen LogP contribution in [0.25, 0.3) is 0 Å². The molecular formula is C24H21NO2. The highest BCUT2D eigenvalue weighted by Crippen LogP contribution is 2.61. The van der Waals surface area contributed by atoms with Crippen molar-refractivity contribution in [3.63, 3.8) is 0 Å². The van der Waals surface area contributed by atoms with Crippen LogP contribution in [0.1, 0.15) is 34.7 Å². The molecule has 3 nitrogen and oxygen atoms in total. The van der Waals surface area contributed by atoms with Crippen molar-refractivity contribution in [2.75, 3.05) is 0 Å². The van der Waals surface area contributed by atoms with Crippen LogP contribution in [0.15, 0.2) is 77.8 Å². The lowest BCUT2D eigenvalue weighted by Gasteiger charge is -2.36. The molecule has 27 heavy (non-hydrogen) atoms. The molecule has 2 heterocycles. The number of fused-ring (bicyclic) bond motifs is 3. The molecular weight excluding hydrogens is 334 g/mol. The zero-order valence-electron chi connectivity index (χ0n) is 15.7. The number of aliphatic imine (C=N–C) groups is 1. The molecule has 0 amide bonds. The summed E-state index contributed by atoms with van der Waals surface area (Å²) in [4.78, 5) is 4.94. The molecule has 3 heteroatoms. The highest BCUT2D eigenvalue weighted by molar-refractivity contribution is 5.80. The Morgan fingerprint density at radius 1 is 0.667 bits per heavy atom. The van der Waals surface area contributed by atoms with Crippen molar-refractivity contribution in [2.24, 2.45) is 4.99 Å². The Bertz CT molecular complexity index is 1050. The van der Waals surface area contributed by atoms with Gasteiger partial charge in [0.05, 0.1) is 0 Å². The molecule has 0 unspecified atom stereocenters. The second-order valence-electron chi connectivity index (χ2n) is 7.39. The molecule has 2 aliphatic heterocycles. The van der Waals surface area contributed by atoms with Crippen LogP contribution in [-0.2, 0) is 16.1 Å². The van der Waals surface area contributed by atoms with Crippen LogP contribution < -0.4 is 4.74 Å². The third-order valence-corrected chi connectivity index (χ3v) is 5.52. The Labute approximate surface area is 159 Å². The maximum Gasteiger partial charge on any atom is 0.277 e. The minimum atomic E-state index is -0.969. The first-order valence-electron chi connectivity index (χ1n) is 9.23. The summed E-state index contributed by atoms with van der Waals surface area (Å²) in [6.07, 6.45) is 0. The van der Waals surface area contributed by atoms with E-state index in [1.165, 1.54) is 11.1 Å². The zero-order valence-corrected chi connectivity index (χ0v) is 15.7. The van der Waals surface area contributed by atoms with Crippen molar-refractivity contribution in [3.8, 4) is 5.75 Å². The second kappa shape index (κ2) is 5.46. The maximum absolute atomic E-state index is 6.59. The number of para-hydroxylation sites is 1. The monoisotopic (exact) mass is 355 g/mol. The van der Waals surface area contributed by atoms with Gasteiger partial charge in [-0.05, 0) is 19.9 Å². The van der Waals surface area contributed by atoms with Crippen molar-refractivity contribution >= 4 is 5.90 Å². The lowest BCUT2D eigenvalue weighted by Crippen LogP contribution is -2.46. The SMILES string of the molecule is CC1=N[C@]2(c3ccc(C)cc3)Oc3ccccc3[C@]2(c2ccc(C)cc2)O1. The average Bonchev–Trinajstić information content (AvgIpc) is 3.11. The highest BCUT2D eigenvalue weighted by atomic mass is 16.6. The summed E-state index contributed by atoms with van der Waals surface area (Å²) in [6, 6.07) is 24.9. The lowest BCUT2D eigenvalue weighted by atomic mass is 9.76. The van der Waals surface area contributed by atoms with E-state index in [0.29, 0.717) is 5.90 Å². The van der Waals surface area contributed by atoms with E-state index < -0.39 is 11.3 Å². The molecule has 0 saturated heterocycles. The van der Waals surface area contributed by atoms with E-state index in [0.717, 1.165) is 22.4 Å². The Morgan fingerprint density at radius 3 is 1.93 bits per heavy atom. The second-order valence-corrected chi connectivity index (χ2v) is 7.39. The minimum absolute atomic E-state index is 0.630. The minimum Gasteiger partial charge on any atom is -0.458 e. The molecule has 134 valence electrons. The van der Waals surface area contributed by atoms with Crippen molar-refractivity contribution in [1.82, 2.24) is 0 Å². The summed E-state index contributed by atoms with van der Waals surface area (Å²) in [5, 5.41) is 0. The Morgan fingerprint density at radius 2 is 1.26 bits per heavy atom. The molecule has 0 fully saturated rings. The molecule has 3 aromatic rings. The van der Waals surface area contributed by atoms with Crippen LogP contribution in [0.4, 0.5) is 0 Å². The average molecular weight is 355 g/mol. The van der Waals surface area contributed by atoms with Gasteiger partial charge < -0.3 is 9.47 Å². The first-order valence-corrected chi connectivity index (χ1v) is 9.23. The summed E-state index contributed by atoms with van der Waals surface area (Å²) >= 11 is 0. The normalized spacial score (nSPS) is 25.2. The molecule has 5 rings (SSSR count). The topological polar surface area (TPSA) is 30.8 Å². The number of ether oxygens (including phenoxy) is 2. The molecule has 0 radical (unpaired) electrons. The quantitative estimate of drug-likeness (QED) is 0.629. The molecule has 2 aliphatic rings. The number of rotatable bonds is 2. The zero-order chi connectivity index (χ0) is 18.6. The van der Waals surface area contributed by atoms with Gasteiger partial charge in [-0.2, -0.15) is 0 Å². The van der Waals surface area contributed by atoms with Crippen molar-refractivity contribution in [2.45, 2.75) is 32.1 Å². The Hall–Kier alpha value is -3.07. The molecule has 2 atom stereocenters. The highest BCUT2D eigenvalue weighted by Gasteiger charge is 2.68. The fraction of sp³-hybridized carbons (Fsp3) is 0.208. The van der Waals surface area contributed by atoms with E-state index in [-0.39, 0.29) is 0 Å². The summed E-state index contributed by atoms with van der Waals surface area (Å²) in [5.74, 6) is 1.44. The van der Waals surface area contributed by atoms with Gasteiger partial charge in [0, 0.05) is 23.6 Å². The van der Waals surface area contributed by atoms with Crippen LogP contribution in [0, 0.1) is 13.8 Å². The first-order chi connectivity index (χ1) is 13.0. The van der Waals surface area contributed by atoms with Crippen molar-refractivity contribution < 1.29 is 9.47 Å². The number of benzene rings is 3. The fourth-order valence-corrected chi connectivity index (χ4v) is 4.26. The largest absolute Gasteiger partial charge is 0.458 e. The van der Waals surface area contributed by atoms with Crippen LogP contribution >= 0.6 is 0 Å². The molecule has 3 aromatic carbocycles. The number of hydrogen-bond donors (Lipinski definition) is 0. The Kier molecular flexibility index (Phi) is 3.26. The maximum atomic E-state index is 6.59. The summed E-state index contributed by atoms with van der Waals surface area (Å²) in [5.41, 5.74) is 3.64. The molecule has 0 aromatic heterocycles. The predicted molar refractivity (Wildman–Crippen MR) is 106 cm³/mol. The van der Waals surface area contributed by atoms with Crippen LogP contribution in [0.3, 0.4) is 0 Å². The Balaban J connectivity index is 1.84. The van der Waals surface area contributed by atoms with Gasteiger partial charge in [0.25, 0.3) is 5.72 Å². The number of aryl methyl sites for hydroxylation is 2. The van der Waals surface area contributed by atoms with Crippen LogP contribution in [0.5, 0.6) is 5.75 Å². The molecule has 0 saturated carbocycles. The smallest absolute Gasteiger partial charge is 0.277 e.